The molecule has 1 rings (SSSR count). The van der Waals surface area contributed by atoms with Crippen molar-refractivity contribution in [3.63, 3.8) is 0 Å². The Morgan fingerprint density at radius 1 is 1.50 bits per heavy atom. The summed E-state index contributed by atoms with van der Waals surface area (Å²) in [5.41, 5.74) is 0. The van der Waals surface area contributed by atoms with Crippen molar-refractivity contribution >= 4 is 8.03 Å². The van der Waals surface area contributed by atoms with Crippen molar-refractivity contribution in [3.05, 3.63) is 0 Å². The average Bonchev–Trinajstić information content (AvgIpc) is 1.88. The molecular weight excluding hydrogens is 149 g/mol. The van der Waals surface area contributed by atoms with Crippen LogP contribution < -0.4 is 5.32 Å². The van der Waals surface area contributed by atoms with Crippen LogP contribution >= 0.6 is 8.03 Å². The molecule has 1 N–H and O–H groups in total. The Balaban J connectivity index is 2.19. The fourth-order valence-corrected chi connectivity index (χ4v) is 1.85. The minimum absolute atomic E-state index is 0.248. The van der Waals surface area contributed by atoms with Crippen LogP contribution in [0.1, 0.15) is 12.8 Å². The molecule has 1 saturated heterocycles. The quantitative estimate of drug-likeness (QED) is 0.613. The van der Waals surface area contributed by atoms with Gasteiger partial charge in [-0.25, -0.2) is 0 Å². The third kappa shape index (κ3) is 2.82. The van der Waals surface area contributed by atoms with Crippen LogP contribution in [-0.4, -0.2) is 25.9 Å². The van der Waals surface area contributed by atoms with E-state index in [1.165, 1.54) is 0 Å². The van der Waals surface area contributed by atoms with E-state index in [-0.39, 0.29) is 6.10 Å². The van der Waals surface area contributed by atoms with Crippen LogP contribution in [0, 0.1) is 0 Å². The summed E-state index contributed by atoms with van der Waals surface area (Å²) in [6.45, 7) is 3.65. The molecule has 1 fully saturated rings. The zero-order valence-electron chi connectivity index (χ0n) is 6.22. The molecule has 0 saturated carbocycles. The molecule has 0 aliphatic carbocycles. The van der Waals surface area contributed by atoms with Crippen molar-refractivity contribution < 1.29 is 9.09 Å². The maximum Gasteiger partial charge on any atom is 0.188 e. The smallest absolute Gasteiger partial charge is 0.188 e. The molecule has 0 aromatic heterocycles. The van der Waals surface area contributed by atoms with Crippen LogP contribution in [0.3, 0.4) is 0 Å². The Morgan fingerprint density at radius 2 is 2.10 bits per heavy atom. The second-order valence-corrected chi connectivity index (χ2v) is 3.78. The number of hydrogen-bond donors (Lipinski definition) is 1. The summed E-state index contributed by atoms with van der Waals surface area (Å²) in [7, 11) is -1.71. The minimum Gasteiger partial charge on any atom is -0.327 e. The van der Waals surface area contributed by atoms with Crippen LogP contribution in [-0.2, 0) is 9.09 Å². The summed E-state index contributed by atoms with van der Waals surface area (Å²) in [5.74, 6) is 0. The van der Waals surface area contributed by atoms with Gasteiger partial charge in [0.1, 0.15) is 0 Å². The Kier molecular flexibility index (Phi) is 3.40. The summed E-state index contributed by atoms with van der Waals surface area (Å²) >= 11 is 0. The minimum atomic E-state index is -1.71. The van der Waals surface area contributed by atoms with Crippen molar-refractivity contribution in [2.75, 3.05) is 19.8 Å². The highest BCUT2D eigenvalue weighted by Crippen LogP contribution is 2.22. The standard InChI is InChI=1S/C6H14NO2P/c1-10(8)9-6-2-4-7-5-3-6/h6-7,10H,2-5H2,1H3. The zero-order chi connectivity index (χ0) is 7.40. The molecule has 0 amide bonds. The fraction of sp³-hybridized carbons (Fsp3) is 1.00. The highest BCUT2D eigenvalue weighted by molar-refractivity contribution is 7.38. The second kappa shape index (κ2) is 4.12. The lowest BCUT2D eigenvalue weighted by Gasteiger charge is -2.21. The molecule has 1 unspecified atom stereocenters. The summed E-state index contributed by atoms with van der Waals surface area (Å²) < 4.78 is 15.9. The van der Waals surface area contributed by atoms with E-state index in [2.05, 4.69) is 5.32 Å². The molecule has 0 radical (unpaired) electrons. The SMILES string of the molecule is C[PH](=O)OC1CCNCC1. The van der Waals surface area contributed by atoms with Gasteiger partial charge in [0.05, 0.1) is 6.10 Å². The fourth-order valence-electron chi connectivity index (χ4n) is 1.15. The molecule has 0 aromatic carbocycles. The van der Waals surface area contributed by atoms with Gasteiger partial charge in [0, 0.05) is 6.66 Å². The molecule has 1 heterocycles. The van der Waals surface area contributed by atoms with E-state index in [0.717, 1.165) is 25.9 Å². The van der Waals surface area contributed by atoms with Gasteiger partial charge in [0.25, 0.3) is 0 Å². The van der Waals surface area contributed by atoms with Gasteiger partial charge < -0.3 is 9.84 Å². The van der Waals surface area contributed by atoms with E-state index >= 15 is 0 Å². The number of rotatable bonds is 2. The molecule has 4 heteroatoms. The van der Waals surface area contributed by atoms with Crippen LogP contribution in [0.4, 0.5) is 0 Å². The lowest BCUT2D eigenvalue weighted by atomic mass is 10.1. The highest BCUT2D eigenvalue weighted by atomic mass is 31.1. The van der Waals surface area contributed by atoms with Gasteiger partial charge in [-0.05, 0) is 25.9 Å². The third-order valence-corrected chi connectivity index (χ3v) is 2.28. The number of piperidine rings is 1. The van der Waals surface area contributed by atoms with E-state index in [9.17, 15) is 4.57 Å². The summed E-state index contributed by atoms with van der Waals surface area (Å²) in [6, 6.07) is 0. The van der Waals surface area contributed by atoms with Gasteiger partial charge >= 0.3 is 0 Å². The lowest BCUT2D eigenvalue weighted by molar-refractivity contribution is 0.175. The summed E-state index contributed by atoms with van der Waals surface area (Å²) in [6.07, 6.45) is 2.26. The predicted octanol–water partition coefficient (Wildman–Crippen LogP) is 0.859. The van der Waals surface area contributed by atoms with Gasteiger partial charge in [-0.2, -0.15) is 0 Å². The normalized spacial score (nSPS) is 24.5. The third-order valence-electron chi connectivity index (χ3n) is 1.62. The summed E-state index contributed by atoms with van der Waals surface area (Å²) in [4.78, 5) is 0. The van der Waals surface area contributed by atoms with Gasteiger partial charge in [-0.1, -0.05) is 0 Å². The molecule has 0 bridgehead atoms. The van der Waals surface area contributed by atoms with Gasteiger partial charge in [-0.3, -0.25) is 4.57 Å². The maximum absolute atomic E-state index is 10.7. The van der Waals surface area contributed by atoms with Crippen LogP contribution in [0.25, 0.3) is 0 Å². The average molecular weight is 163 g/mol. The Morgan fingerprint density at radius 3 is 2.60 bits per heavy atom. The topological polar surface area (TPSA) is 38.3 Å². The molecule has 1 aliphatic heterocycles. The van der Waals surface area contributed by atoms with Crippen molar-refractivity contribution in [1.29, 1.82) is 0 Å². The molecule has 0 aromatic rings. The van der Waals surface area contributed by atoms with E-state index in [4.69, 9.17) is 4.52 Å². The summed E-state index contributed by atoms with van der Waals surface area (Å²) in [5, 5.41) is 3.22. The molecule has 10 heavy (non-hydrogen) atoms. The monoisotopic (exact) mass is 163 g/mol. The van der Waals surface area contributed by atoms with Crippen LogP contribution in [0.15, 0.2) is 0 Å². The van der Waals surface area contributed by atoms with Crippen LogP contribution in [0.2, 0.25) is 0 Å². The number of hydrogen-bond acceptors (Lipinski definition) is 3. The van der Waals surface area contributed by atoms with Gasteiger partial charge in [0.2, 0.25) is 0 Å². The molecular formula is C6H14NO2P. The largest absolute Gasteiger partial charge is 0.327 e. The first kappa shape index (κ1) is 8.25. The van der Waals surface area contributed by atoms with E-state index in [0.29, 0.717) is 0 Å². The Labute approximate surface area is 62.0 Å². The number of nitrogens with one attached hydrogen (secondary N) is 1. The van der Waals surface area contributed by atoms with Gasteiger partial charge in [0.15, 0.2) is 8.03 Å². The van der Waals surface area contributed by atoms with E-state index in [1.54, 1.807) is 6.66 Å². The van der Waals surface area contributed by atoms with Crippen LogP contribution in [0.5, 0.6) is 0 Å². The zero-order valence-corrected chi connectivity index (χ0v) is 7.22. The lowest BCUT2D eigenvalue weighted by Crippen LogP contribution is -2.31. The van der Waals surface area contributed by atoms with Crippen molar-refractivity contribution in [2.24, 2.45) is 0 Å². The molecule has 1 atom stereocenters. The van der Waals surface area contributed by atoms with Gasteiger partial charge in [-0.15, -0.1) is 0 Å². The van der Waals surface area contributed by atoms with Crippen molar-refractivity contribution in [1.82, 2.24) is 5.32 Å². The highest BCUT2D eigenvalue weighted by Gasteiger charge is 2.13. The first-order valence-electron chi connectivity index (χ1n) is 3.67. The molecule has 1 aliphatic rings. The predicted molar refractivity (Wildman–Crippen MR) is 41.9 cm³/mol. The Bertz CT molecular complexity index is 123. The Hall–Kier alpha value is 0.150. The molecule has 60 valence electrons. The second-order valence-electron chi connectivity index (χ2n) is 2.56. The van der Waals surface area contributed by atoms with Crippen molar-refractivity contribution in [2.45, 2.75) is 18.9 Å². The molecule has 0 spiro atoms. The first-order chi connectivity index (χ1) is 4.79. The first-order valence-corrected chi connectivity index (χ1v) is 5.48. The molecule has 3 nitrogen and oxygen atoms in total. The van der Waals surface area contributed by atoms with Crippen molar-refractivity contribution in [3.8, 4) is 0 Å². The van der Waals surface area contributed by atoms with E-state index in [1.807, 2.05) is 0 Å². The maximum atomic E-state index is 10.7. The van der Waals surface area contributed by atoms with E-state index < -0.39 is 8.03 Å².